The first kappa shape index (κ1) is 13.3. The van der Waals surface area contributed by atoms with Gasteiger partial charge in [0.25, 0.3) is 0 Å². The Morgan fingerprint density at radius 1 is 0.800 bits per heavy atom. The van der Waals surface area contributed by atoms with Crippen molar-refractivity contribution in [1.29, 1.82) is 0 Å². The fraction of sp³-hybridized carbons (Fsp3) is 0.158. The molecule has 0 N–H and O–H groups in total. The molecule has 1 unspecified atom stereocenters. The molecule has 0 bridgehead atoms. The largest absolute Gasteiger partial charge is 0.184 e. The van der Waals surface area contributed by atoms with Crippen LogP contribution in [0.25, 0.3) is 0 Å². The van der Waals surface area contributed by atoms with E-state index in [-0.39, 0.29) is 0 Å². The van der Waals surface area contributed by atoms with E-state index in [1.165, 1.54) is 9.79 Å². The van der Waals surface area contributed by atoms with E-state index in [4.69, 9.17) is 0 Å². The fourth-order valence-corrected chi connectivity index (χ4v) is 6.12. The summed E-state index contributed by atoms with van der Waals surface area (Å²) < 4.78 is 0. The number of hydrogen-bond donors (Lipinski definition) is 0. The lowest BCUT2D eigenvalue weighted by Gasteiger charge is -2.43. The zero-order chi connectivity index (χ0) is 13.8. The van der Waals surface area contributed by atoms with Crippen molar-refractivity contribution >= 4 is 10.0 Å². The summed E-state index contributed by atoms with van der Waals surface area (Å²) in [5.74, 6) is 0. The van der Waals surface area contributed by atoms with Crippen LogP contribution in [0.15, 0.2) is 94.8 Å². The Morgan fingerprint density at radius 2 is 1.35 bits per heavy atom. The van der Waals surface area contributed by atoms with Gasteiger partial charge in [0.1, 0.15) is 0 Å². The SMILES string of the molecule is CS(c1ccccc1)(c1ccccc1)C1C=CC=CC1. The maximum Gasteiger partial charge on any atom is 0.0181 e. The number of benzene rings is 2. The lowest BCUT2D eigenvalue weighted by Crippen LogP contribution is -2.17. The summed E-state index contributed by atoms with van der Waals surface area (Å²) in [5, 5.41) is 0.581. The first-order valence-corrected chi connectivity index (χ1v) is 9.13. The minimum atomic E-state index is -1.04. The lowest BCUT2D eigenvalue weighted by atomic mass is 10.2. The standard InChI is InChI=1S/C19H20S/c1-20(17-11-5-2-6-12-17,18-13-7-3-8-14-18)19-15-9-4-10-16-19/h2-15,19H,16H2,1H3. The Morgan fingerprint density at radius 3 is 1.80 bits per heavy atom. The molecule has 0 saturated heterocycles. The number of allylic oxidation sites excluding steroid dienone is 3. The Hall–Kier alpha value is -1.73. The van der Waals surface area contributed by atoms with Gasteiger partial charge in [0.05, 0.1) is 0 Å². The Balaban J connectivity index is 2.13. The molecule has 0 heterocycles. The van der Waals surface area contributed by atoms with Crippen molar-refractivity contribution in [2.45, 2.75) is 21.5 Å². The summed E-state index contributed by atoms with van der Waals surface area (Å²) in [5.41, 5.74) is 0. The molecule has 1 aliphatic carbocycles. The second-order valence-corrected chi connectivity index (χ2v) is 8.71. The molecule has 0 nitrogen and oxygen atoms in total. The van der Waals surface area contributed by atoms with E-state index in [2.05, 4.69) is 91.2 Å². The second kappa shape index (κ2) is 5.72. The highest BCUT2D eigenvalue weighted by atomic mass is 32.3. The van der Waals surface area contributed by atoms with Gasteiger partial charge in [0.15, 0.2) is 0 Å². The van der Waals surface area contributed by atoms with Gasteiger partial charge in [-0.05, 0) is 46.7 Å². The van der Waals surface area contributed by atoms with E-state index in [1.807, 2.05) is 0 Å². The molecule has 1 atom stereocenters. The molecule has 1 heteroatoms. The second-order valence-electron chi connectivity index (χ2n) is 5.20. The molecule has 1 aliphatic rings. The average Bonchev–Trinajstić information content (AvgIpc) is 2.56. The van der Waals surface area contributed by atoms with Gasteiger partial charge in [0.2, 0.25) is 0 Å². The van der Waals surface area contributed by atoms with Crippen molar-refractivity contribution in [3.8, 4) is 0 Å². The fourth-order valence-electron chi connectivity index (χ4n) is 2.80. The highest BCUT2D eigenvalue weighted by molar-refractivity contribution is 8.33. The molecule has 2 aromatic rings. The molecule has 0 aromatic heterocycles. The van der Waals surface area contributed by atoms with E-state index in [1.54, 1.807) is 0 Å². The molecule has 0 saturated carbocycles. The van der Waals surface area contributed by atoms with Crippen LogP contribution < -0.4 is 0 Å². The highest BCUT2D eigenvalue weighted by Crippen LogP contribution is 2.64. The minimum Gasteiger partial charge on any atom is -0.184 e. The van der Waals surface area contributed by atoms with Gasteiger partial charge in [-0.15, -0.1) is 0 Å². The topological polar surface area (TPSA) is 0 Å². The quantitative estimate of drug-likeness (QED) is 0.704. The average molecular weight is 280 g/mol. The van der Waals surface area contributed by atoms with Crippen molar-refractivity contribution in [3.63, 3.8) is 0 Å². The van der Waals surface area contributed by atoms with Crippen LogP contribution in [0.4, 0.5) is 0 Å². The molecule has 0 fully saturated rings. The van der Waals surface area contributed by atoms with E-state index in [0.29, 0.717) is 5.25 Å². The molecule has 0 radical (unpaired) electrons. The predicted octanol–water partition coefficient (Wildman–Crippen LogP) is 5.42. The van der Waals surface area contributed by atoms with E-state index in [9.17, 15) is 0 Å². The molecule has 3 rings (SSSR count). The monoisotopic (exact) mass is 280 g/mol. The van der Waals surface area contributed by atoms with Crippen LogP contribution in [-0.2, 0) is 0 Å². The van der Waals surface area contributed by atoms with Crippen LogP contribution >= 0.6 is 10.0 Å². The van der Waals surface area contributed by atoms with Crippen LogP contribution in [-0.4, -0.2) is 11.5 Å². The predicted molar refractivity (Wildman–Crippen MR) is 89.6 cm³/mol. The van der Waals surface area contributed by atoms with Crippen LogP contribution in [0.1, 0.15) is 6.42 Å². The lowest BCUT2D eigenvalue weighted by molar-refractivity contribution is 1.03. The van der Waals surface area contributed by atoms with Crippen molar-refractivity contribution in [1.82, 2.24) is 0 Å². The van der Waals surface area contributed by atoms with Crippen molar-refractivity contribution in [3.05, 3.63) is 85.0 Å². The van der Waals surface area contributed by atoms with E-state index >= 15 is 0 Å². The van der Waals surface area contributed by atoms with Gasteiger partial charge in [-0.3, -0.25) is 0 Å². The first-order chi connectivity index (χ1) is 9.82. The number of rotatable bonds is 3. The maximum absolute atomic E-state index is 2.45. The number of hydrogen-bond acceptors (Lipinski definition) is 0. The van der Waals surface area contributed by atoms with E-state index in [0.717, 1.165) is 6.42 Å². The summed E-state index contributed by atoms with van der Waals surface area (Å²) in [7, 11) is -1.04. The molecule has 2 aromatic carbocycles. The van der Waals surface area contributed by atoms with Gasteiger partial charge in [-0.25, -0.2) is 0 Å². The van der Waals surface area contributed by atoms with E-state index < -0.39 is 10.0 Å². The molecular formula is C19H20S. The third-order valence-corrected chi connectivity index (χ3v) is 8.08. The summed E-state index contributed by atoms with van der Waals surface area (Å²) in [6.45, 7) is 0. The van der Waals surface area contributed by atoms with Crippen LogP contribution in [0.5, 0.6) is 0 Å². The van der Waals surface area contributed by atoms with Crippen molar-refractivity contribution < 1.29 is 0 Å². The summed E-state index contributed by atoms with van der Waals surface area (Å²) >= 11 is 0. The first-order valence-electron chi connectivity index (χ1n) is 7.02. The minimum absolute atomic E-state index is 0.581. The molecule has 0 amide bonds. The molecular weight excluding hydrogens is 260 g/mol. The Bertz CT molecular complexity index is 571. The summed E-state index contributed by atoms with van der Waals surface area (Å²) in [6.07, 6.45) is 12.6. The Labute approximate surface area is 123 Å². The molecule has 0 aliphatic heterocycles. The smallest absolute Gasteiger partial charge is 0.0181 e. The highest BCUT2D eigenvalue weighted by Gasteiger charge is 2.30. The molecule has 102 valence electrons. The van der Waals surface area contributed by atoms with Gasteiger partial charge in [0, 0.05) is 5.25 Å². The molecule has 20 heavy (non-hydrogen) atoms. The van der Waals surface area contributed by atoms with Crippen molar-refractivity contribution in [2.24, 2.45) is 0 Å². The normalized spacial score (nSPS) is 18.9. The third kappa shape index (κ3) is 2.34. The van der Waals surface area contributed by atoms with Gasteiger partial charge < -0.3 is 0 Å². The Kier molecular flexibility index (Phi) is 3.79. The van der Waals surface area contributed by atoms with Gasteiger partial charge >= 0.3 is 0 Å². The summed E-state index contributed by atoms with van der Waals surface area (Å²) in [6, 6.07) is 22.0. The van der Waals surface area contributed by atoms with Crippen LogP contribution in [0.2, 0.25) is 0 Å². The maximum atomic E-state index is 2.45. The van der Waals surface area contributed by atoms with Crippen molar-refractivity contribution in [2.75, 3.05) is 6.26 Å². The van der Waals surface area contributed by atoms with Crippen LogP contribution in [0.3, 0.4) is 0 Å². The third-order valence-electron chi connectivity index (χ3n) is 4.01. The zero-order valence-electron chi connectivity index (χ0n) is 11.8. The molecule has 0 spiro atoms. The van der Waals surface area contributed by atoms with Gasteiger partial charge in [-0.2, -0.15) is 10.0 Å². The van der Waals surface area contributed by atoms with Crippen LogP contribution in [0, 0.1) is 0 Å². The summed E-state index contributed by atoms with van der Waals surface area (Å²) in [4.78, 5) is 2.94. The zero-order valence-corrected chi connectivity index (χ0v) is 12.6. The van der Waals surface area contributed by atoms with Gasteiger partial charge in [-0.1, -0.05) is 60.7 Å².